The molecule has 6 nitrogen and oxygen atoms in total. The summed E-state index contributed by atoms with van der Waals surface area (Å²) in [6, 6.07) is 2.48. The lowest BCUT2D eigenvalue weighted by molar-refractivity contribution is 0.212. The molecule has 2 aromatic rings. The summed E-state index contributed by atoms with van der Waals surface area (Å²) in [5, 5.41) is 14.0. The van der Waals surface area contributed by atoms with E-state index in [1.54, 1.807) is 10.9 Å². The first-order valence-electron chi connectivity index (χ1n) is 6.48. The Bertz CT molecular complexity index is 642. The fourth-order valence-electron chi connectivity index (χ4n) is 2.00. The minimum absolute atomic E-state index is 0.313. The van der Waals surface area contributed by atoms with E-state index in [0.29, 0.717) is 36.5 Å². The van der Waals surface area contributed by atoms with Crippen LogP contribution in [-0.4, -0.2) is 37.2 Å². The monoisotopic (exact) mass is 292 g/mol. The Morgan fingerprint density at radius 2 is 2.20 bits per heavy atom. The minimum Gasteiger partial charge on any atom is -0.292 e. The Hall–Kier alpha value is -1.71. The van der Waals surface area contributed by atoms with Crippen LogP contribution in [0.1, 0.15) is 26.1 Å². The predicted molar refractivity (Wildman–Crippen MR) is 77.1 cm³/mol. The van der Waals surface area contributed by atoms with E-state index < -0.39 is 0 Å². The van der Waals surface area contributed by atoms with Crippen molar-refractivity contribution in [3.05, 3.63) is 17.2 Å². The molecular weight excluding hydrogens is 276 g/mol. The van der Waals surface area contributed by atoms with E-state index in [9.17, 15) is 0 Å². The summed E-state index contributed by atoms with van der Waals surface area (Å²) >= 11 is 6.17. The SMILES string of the molecule is CC(C)N(CCC#N)Cc1nc(Cl)c2cnn(C)c2n1. The molecule has 2 rings (SSSR count). The van der Waals surface area contributed by atoms with E-state index in [1.165, 1.54) is 0 Å². The highest BCUT2D eigenvalue weighted by molar-refractivity contribution is 6.33. The first-order chi connectivity index (χ1) is 9.52. The van der Waals surface area contributed by atoms with Gasteiger partial charge in [0.25, 0.3) is 0 Å². The standard InChI is InChI=1S/C13H17ClN6/c1-9(2)20(6-4-5-15)8-11-17-12(14)10-7-16-19(3)13(10)18-11/h7,9H,4,6,8H2,1-3H3. The molecule has 0 spiro atoms. The Kier molecular flexibility index (Phi) is 4.53. The van der Waals surface area contributed by atoms with E-state index in [-0.39, 0.29) is 0 Å². The van der Waals surface area contributed by atoms with E-state index >= 15 is 0 Å². The van der Waals surface area contributed by atoms with E-state index in [2.05, 4.69) is 39.9 Å². The van der Waals surface area contributed by atoms with Gasteiger partial charge in [-0.15, -0.1) is 0 Å². The van der Waals surface area contributed by atoms with Crippen LogP contribution in [0.3, 0.4) is 0 Å². The summed E-state index contributed by atoms with van der Waals surface area (Å²) in [4.78, 5) is 11.0. The highest BCUT2D eigenvalue weighted by Crippen LogP contribution is 2.20. The van der Waals surface area contributed by atoms with Crippen molar-refractivity contribution in [3.8, 4) is 6.07 Å². The van der Waals surface area contributed by atoms with Gasteiger partial charge in [-0.3, -0.25) is 9.58 Å². The van der Waals surface area contributed by atoms with Crippen LogP contribution in [0.5, 0.6) is 0 Å². The second-order valence-corrected chi connectivity index (χ2v) is 5.27. The molecule has 0 amide bonds. The van der Waals surface area contributed by atoms with Crippen LogP contribution in [-0.2, 0) is 13.6 Å². The molecule has 7 heteroatoms. The molecule has 2 aromatic heterocycles. The smallest absolute Gasteiger partial charge is 0.162 e. The lowest BCUT2D eigenvalue weighted by Gasteiger charge is -2.24. The van der Waals surface area contributed by atoms with Gasteiger partial charge >= 0.3 is 0 Å². The number of hydrogen-bond donors (Lipinski definition) is 0. The van der Waals surface area contributed by atoms with E-state index in [1.807, 2.05) is 7.05 Å². The largest absolute Gasteiger partial charge is 0.292 e. The van der Waals surface area contributed by atoms with Gasteiger partial charge in [-0.25, -0.2) is 9.97 Å². The third kappa shape index (κ3) is 3.06. The molecule has 0 unspecified atom stereocenters. The molecular formula is C13H17ClN6. The number of hydrogen-bond acceptors (Lipinski definition) is 5. The van der Waals surface area contributed by atoms with Gasteiger partial charge in [0.2, 0.25) is 0 Å². The van der Waals surface area contributed by atoms with Gasteiger partial charge in [-0.1, -0.05) is 11.6 Å². The molecule has 20 heavy (non-hydrogen) atoms. The Labute approximate surface area is 123 Å². The molecule has 0 aliphatic heterocycles. The number of fused-ring (bicyclic) bond motifs is 1. The van der Waals surface area contributed by atoms with Crippen LogP contribution in [0.25, 0.3) is 11.0 Å². The minimum atomic E-state index is 0.313. The number of halogens is 1. The van der Waals surface area contributed by atoms with Gasteiger partial charge in [-0.05, 0) is 13.8 Å². The summed E-state index contributed by atoms with van der Waals surface area (Å²) in [6.45, 7) is 5.43. The van der Waals surface area contributed by atoms with Gasteiger partial charge in [-0.2, -0.15) is 10.4 Å². The van der Waals surface area contributed by atoms with Crippen molar-refractivity contribution in [3.63, 3.8) is 0 Å². The zero-order valence-corrected chi connectivity index (χ0v) is 12.6. The Morgan fingerprint density at radius 3 is 2.85 bits per heavy atom. The van der Waals surface area contributed by atoms with Crippen LogP contribution < -0.4 is 0 Å². The van der Waals surface area contributed by atoms with Crippen molar-refractivity contribution in [2.24, 2.45) is 7.05 Å². The lowest BCUT2D eigenvalue weighted by atomic mass is 10.3. The highest BCUT2D eigenvalue weighted by atomic mass is 35.5. The maximum absolute atomic E-state index is 8.72. The molecule has 0 saturated heterocycles. The zero-order valence-electron chi connectivity index (χ0n) is 11.8. The maximum atomic E-state index is 8.72. The average molecular weight is 293 g/mol. The normalized spacial score (nSPS) is 11.4. The first kappa shape index (κ1) is 14.7. The number of nitriles is 1. The molecule has 0 atom stereocenters. The first-order valence-corrected chi connectivity index (χ1v) is 6.86. The summed E-state index contributed by atoms with van der Waals surface area (Å²) < 4.78 is 1.68. The van der Waals surface area contributed by atoms with Gasteiger partial charge in [0.15, 0.2) is 5.65 Å². The lowest BCUT2D eigenvalue weighted by Crippen LogP contribution is -2.32. The Morgan fingerprint density at radius 1 is 1.45 bits per heavy atom. The second kappa shape index (κ2) is 6.16. The van der Waals surface area contributed by atoms with Crippen molar-refractivity contribution in [1.29, 1.82) is 5.26 Å². The molecule has 0 saturated carbocycles. The van der Waals surface area contributed by atoms with E-state index in [0.717, 1.165) is 11.0 Å². The third-order valence-electron chi connectivity index (χ3n) is 3.18. The van der Waals surface area contributed by atoms with Gasteiger partial charge in [0.1, 0.15) is 11.0 Å². The number of nitrogens with zero attached hydrogens (tertiary/aromatic N) is 6. The van der Waals surface area contributed by atoms with Crippen molar-refractivity contribution >= 4 is 22.6 Å². The number of aromatic nitrogens is 4. The highest BCUT2D eigenvalue weighted by Gasteiger charge is 2.15. The molecule has 106 valence electrons. The van der Waals surface area contributed by atoms with Crippen molar-refractivity contribution in [2.45, 2.75) is 32.9 Å². The molecule has 0 aromatic carbocycles. The summed E-state index contributed by atoms with van der Waals surface area (Å²) in [5.41, 5.74) is 0.726. The van der Waals surface area contributed by atoms with Gasteiger partial charge < -0.3 is 0 Å². The molecule has 0 aliphatic carbocycles. The molecule has 2 heterocycles. The topological polar surface area (TPSA) is 70.6 Å². The van der Waals surface area contributed by atoms with Crippen LogP contribution in [0.15, 0.2) is 6.20 Å². The predicted octanol–water partition coefficient (Wildman–Crippen LogP) is 2.14. The fourth-order valence-corrected chi connectivity index (χ4v) is 2.23. The van der Waals surface area contributed by atoms with Crippen LogP contribution in [0.2, 0.25) is 5.15 Å². The molecule has 0 aliphatic rings. The molecule has 0 fully saturated rings. The van der Waals surface area contributed by atoms with Gasteiger partial charge in [0.05, 0.1) is 24.2 Å². The zero-order chi connectivity index (χ0) is 14.7. The van der Waals surface area contributed by atoms with Crippen molar-refractivity contribution < 1.29 is 0 Å². The molecule has 0 radical (unpaired) electrons. The second-order valence-electron chi connectivity index (χ2n) is 4.91. The summed E-state index contributed by atoms with van der Waals surface area (Å²) in [6.07, 6.45) is 2.15. The number of aryl methyl sites for hydroxylation is 1. The van der Waals surface area contributed by atoms with Crippen molar-refractivity contribution in [1.82, 2.24) is 24.6 Å². The maximum Gasteiger partial charge on any atom is 0.162 e. The molecule has 0 N–H and O–H groups in total. The van der Waals surface area contributed by atoms with Crippen LogP contribution in [0.4, 0.5) is 0 Å². The quantitative estimate of drug-likeness (QED) is 0.790. The third-order valence-corrected chi connectivity index (χ3v) is 3.47. The summed E-state index contributed by atoms with van der Waals surface area (Å²) in [7, 11) is 1.82. The van der Waals surface area contributed by atoms with Gasteiger partial charge in [0, 0.05) is 26.1 Å². The van der Waals surface area contributed by atoms with Crippen LogP contribution in [0, 0.1) is 11.3 Å². The fraction of sp³-hybridized carbons (Fsp3) is 0.538. The Balaban J connectivity index is 2.28. The van der Waals surface area contributed by atoms with Crippen molar-refractivity contribution in [2.75, 3.05) is 6.54 Å². The number of rotatable bonds is 5. The summed E-state index contributed by atoms with van der Waals surface area (Å²) in [5.74, 6) is 0.651. The van der Waals surface area contributed by atoms with Crippen LogP contribution >= 0.6 is 11.6 Å². The van der Waals surface area contributed by atoms with E-state index in [4.69, 9.17) is 16.9 Å². The average Bonchev–Trinajstić information content (AvgIpc) is 2.77. The molecule has 0 bridgehead atoms.